The fraction of sp³-hybridized carbons (Fsp3) is 0.519. The van der Waals surface area contributed by atoms with Crippen LogP contribution in [0.15, 0.2) is 29.8 Å². The predicted molar refractivity (Wildman–Crippen MR) is 148 cm³/mol. The average Bonchev–Trinajstić information content (AvgIpc) is 3.64. The molecule has 2 aliphatic rings. The second kappa shape index (κ2) is 10.9. The van der Waals surface area contributed by atoms with E-state index in [9.17, 15) is 13.2 Å². The quantitative estimate of drug-likeness (QED) is 0.421. The van der Waals surface area contributed by atoms with Crippen LogP contribution in [-0.4, -0.2) is 73.7 Å². The van der Waals surface area contributed by atoms with Gasteiger partial charge in [0.25, 0.3) is 5.91 Å². The SMILES string of the molecule is CCS(=O)(=O)N1CCC(c2c[nH]c3c(C(N)=O)cc(-c4csc(CN5CCCC5COC)c4)cc23)CC1. The molecule has 1 aromatic carbocycles. The van der Waals surface area contributed by atoms with Crippen molar-refractivity contribution in [3.8, 4) is 11.1 Å². The number of rotatable bonds is 9. The Kier molecular flexibility index (Phi) is 7.74. The molecule has 0 bridgehead atoms. The Bertz CT molecular complexity index is 1370. The monoisotopic (exact) mass is 544 g/mol. The van der Waals surface area contributed by atoms with Crippen molar-refractivity contribution in [2.75, 3.05) is 39.1 Å². The van der Waals surface area contributed by atoms with Crippen LogP contribution >= 0.6 is 11.3 Å². The number of fused-ring (bicyclic) bond motifs is 1. The molecule has 2 saturated heterocycles. The van der Waals surface area contributed by atoms with E-state index in [1.807, 2.05) is 12.3 Å². The Balaban J connectivity index is 1.42. The summed E-state index contributed by atoms with van der Waals surface area (Å²) in [4.78, 5) is 19.5. The molecule has 1 amide bonds. The standard InChI is InChI=1S/C27H36N4O4S2/c1-3-37(33,34)31-9-6-18(7-10-31)25-14-29-26-23(25)12-19(13-24(26)27(28)32)20-11-22(36-17-20)15-30-8-4-5-21(30)16-35-2/h11-14,17-18,21,29H,3-10,15-16H2,1-2H3,(H2,28,32). The van der Waals surface area contributed by atoms with Gasteiger partial charge in [-0.2, -0.15) is 0 Å². The number of nitrogens with two attached hydrogens (primary N) is 1. The van der Waals surface area contributed by atoms with Gasteiger partial charge < -0.3 is 15.5 Å². The summed E-state index contributed by atoms with van der Waals surface area (Å²) in [6, 6.07) is 6.73. The second-order valence-corrected chi connectivity index (χ2v) is 13.4. The van der Waals surface area contributed by atoms with Crippen LogP contribution in [0.5, 0.6) is 0 Å². The predicted octanol–water partition coefficient (Wildman–Crippen LogP) is 4.14. The van der Waals surface area contributed by atoms with Gasteiger partial charge in [-0.3, -0.25) is 9.69 Å². The molecule has 10 heteroatoms. The zero-order valence-corrected chi connectivity index (χ0v) is 23.2. The first-order valence-electron chi connectivity index (χ1n) is 13.0. The number of nitrogens with zero attached hydrogens (tertiary/aromatic N) is 2. The van der Waals surface area contributed by atoms with Crippen molar-refractivity contribution in [3.63, 3.8) is 0 Å². The van der Waals surface area contributed by atoms with Gasteiger partial charge in [-0.25, -0.2) is 12.7 Å². The number of H-pyrrole nitrogens is 1. The molecule has 37 heavy (non-hydrogen) atoms. The van der Waals surface area contributed by atoms with Gasteiger partial charge in [0, 0.05) is 49.2 Å². The Morgan fingerprint density at radius 2 is 1.95 bits per heavy atom. The minimum Gasteiger partial charge on any atom is -0.383 e. The van der Waals surface area contributed by atoms with E-state index in [2.05, 4.69) is 27.4 Å². The molecular weight excluding hydrogens is 508 g/mol. The number of carbonyl (C=O) groups is 1. The molecule has 5 rings (SSSR count). The van der Waals surface area contributed by atoms with Crippen molar-refractivity contribution < 1.29 is 17.9 Å². The Hall–Kier alpha value is -2.24. The van der Waals surface area contributed by atoms with Crippen molar-refractivity contribution >= 4 is 38.2 Å². The molecule has 2 fully saturated rings. The van der Waals surface area contributed by atoms with Crippen LogP contribution in [0.25, 0.3) is 22.0 Å². The minimum absolute atomic E-state index is 0.128. The van der Waals surface area contributed by atoms with Gasteiger partial charge in [0.05, 0.1) is 23.4 Å². The number of carbonyl (C=O) groups excluding carboxylic acids is 1. The highest BCUT2D eigenvalue weighted by Crippen LogP contribution is 2.38. The normalized spacial score (nSPS) is 20.2. The second-order valence-electron chi connectivity index (χ2n) is 10.2. The molecule has 2 aromatic heterocycles. The number of hydrogen-bond donors (Lipinski definition) is 2. The first kappa shape index (κ1) is 26.4. The summed E-state index contributed by atoms with van der Waals surface area (Å²) < 4.78 is 31.6. The fourth-order valence-electron chi connectivity index (χ4n) is 5.88. The van der Waals surface area contributed by atoms with Gasteiger partial charge in [0.2, 0.25) is 10.0 Å². The number of ether oxygens (including phenoxy) is 1. The number of likely N-dealkylation sites (tertiary alicyclic amines) is 1. The van der Waals surface area contributed by atoms with Crippen LogP contribution < -0.4 is 5.73 Å². The maximum Gasteiger partial charge on any atom is 0.250 e. The van der Waals surface area contributed by atoms with Crippen LogP contribution in [-0.2, 0) is 21.3 Å². The van der Waals surface area contributed by atoms with E-state index in [1.165, 1.54) is 17.7 Å². The third kappa shape index (κ3) is 5.35. The van der Waals surface area contributed by atoms with Crippen molar-refractivity contribution in [3.05, 3.63) is 45.8 Å². The van der Waals surface area contributed by atoms with Crippen molar-refractivity contribution in [1.82, 2.24) is 14.2 Å². The van der Waals surface area contributed by atoms with Gasteiger partial charge in [-0.05, 0) is 85.3 Å². The van der Waals surface area contributed by atoms with E-state index in [4.69, 9.17) is 10.5 Å². The Morgan fingerprint density at radius 3 is 2.65 bits per heavy atom. The van der Waals surface area contributed by atoms with Gasteiger partial charge in [0.1, 0.15) is 0 Å². The summed E-state index contributed by atoms with van der Waals surface area (Å²) in [7, 11) is -1.41. The summed E-state index contributed by atoms with van der Waals surface area (Å²) in [6.07, 6.45) is 5.85. The number of piperidine rings is 1. The summed E-state index contributed by atoms with van der Waals surface area (Å²) in [6.45, 7) is 5.47. The van der Waals surface area contributed by atoms with Gasteiger partial charge in [0.15, 0.2) is 0 Å². The number of nitrogens with one attached hydrogen (secondary N) is 1. The summed E-state index contributed by atoms with van der Waals surface area (Å²) >= 11 is 1.74. The molecule has 4 heterocycles. The molecule has 0 aliphatic carbocycles. The molecule has 2 aliphatic heterocycles. The van der Waals surface area contributed by atoms with Gasteiger partial charge in [-0.15, -0.1) is 11.3 Å². The Morgan fingerprint density at radius 1 is 1.16 bits per heavy atom. The van der Waals surface area contributed by atoms with E-state index >= 15 is 0 Å². The highest BCUT2D eigenvalue weighted by Gasteiger charge is 2.29. The lowest BCUT2D eigenvalue weighted by Gasteiger charge is -2.31. The highest BCUT2D eigenvalue weighted by atomic mass is 32.2. The van der Waals surface area contributed by atoms with E-state index in [-0.39, 0.29) is 11.7 Å². The maximum atomic E-state index is 12.4. The first-order valence-corrected chi connectivity index (χ1v) is 15.5. The fourth-order valence-corrected chi connectivity index (χ4v) is 7.93. The van der Waals surface area contributed by atoms with E-state index in [0.29, 0.717) is 24.7 Å². The molecule has 1 atom stereocenters. The highest BCUT2D eigenvalue weighted by molar-refractivity contribution is 7.89. The van der Waals surface area contributed by atoms with E-state index in [0.717, 1.165) is 60.1 Å². The van der Waals surface area contributed by atoms with E-state index in [1.54, 1.807) is 29.7 Å². The molecule has 3 aromatic rings. The molecule has 0 radical (unpaired) electrons. The smallest absolute Gasteiger partial charge is 0.250 e. The zero-order chi connectivity index (χ0) is 26.2. The first-order chi connectivity index (χ1) is 17.8. The molecule has 3 N–H and O–H groups in total. The van der Waals surface area contributed by atoms with Crippen molar-refractivity contribution in [1.29, 1.82) is 0 Å². The summed E-state index contributed by atoms with van der Waals surface area (Å²) in [5, 5.41) is 3.15. The third-order valence-electron chi connectivity index (χ3n) is 7.94. The van der Waals surface area contributed by atoms with Crippen LogP contribution in [0.1, 0.15) is 59.3 Å². The summed E-state index contributed by atoms with van der Waals surface area (Å²) in [5.74, 6) is -0.109. The number of methoxy groups -OCH3 is 1. The number of aromatic nitrogens is 1. The lowest BCUT2D eigenvalue weighted by Crippen LogP contribution is -2.38. The molecule has 200 valence electrons. The largest absolute Gasteiger partial charge is 0.383 e. The number of primary amides is 1. The number of hydrogen-bond acceptors (Lipinski definition) is 6. The van der Waals surface area contributed by atoms with Crippen LogP contribution in [0, 0.1) is 0 Å². The maximum absolute atomic E-state index is 12.4. The number of sulfonamides is 1. The average molecular weight is 545 g/mol. The zero-order valence-electron chi connectivity index (χ0n) is 21.5. The van der Waals surface area contributed by atoms with Crippen molar-refractivity contribution in [2.24, 2.45) is 5.73 Å². The Labute approximate surface area is 222 Å². The van der Waals surface area contributed by atoms with Crippen LogP contribution in [0.4, 0.5) is 0 Å². The van der Waals surface area contributed by atoms with Gasteiger partial charge >= 0.3 is 0 Å². The van der Waals surface area contributed by atoms with Crippen LogP contribution in [0.3, 0.4) is 0 Å². The molecule has 0 spiro atoms. The lowest BCUT2D eigenvalue weighted by atomic mass is 9.88. The molecular formula is C27H36N4O4S2. The number of thiophene rings is 1. The topological polar surface area (TPSA) is 109 Å². The number of aromatic amines is 1. The van der Waals surface area contributed by atoms with Crippen LogP contribution in [0.2, 0.25) is 0 Å². The molecule has 8 nitrogen and oxygen atoms in total. The lowest BCUT2D eigenvalue weighted by molar-refractivity contribution is 0.100. The minimum atomic E-state index is -3.18. The molecule has 1 unspecified atom stereocenters. The number of amides is 1. The third-order valence-corrected chi connectivity index (χ3v) is 10.7. The van der Waals surface area contributed by atoms with Gasteiger partial charge in [-0.1, -0.05) is 0 Å². The molecule has 0 saturated carbocycles. The summed E-state index contributed by atoms with van der Waals surface area (Å²) in [5.41, 5.74) is 10.2. The van der Waals surface area contributed by atoms with Crippen molar-refractivity contribution in [2.45, 2.75) is 51.1 Å². The van der Waals surface area contributed by atoms with E-state index < -0.39 is 15.9 Å². The number of benzene rings is 1.